The van der Waals surface area contributed by atoms with Gasteiger partial charge in [-0.2, -0.15) is 0 Å². The minimum atomic E-state index is -0.836. The first-order chi connectivity index (χ1) is 6.43. The number of hydrogen-bond acceptors (Lipinski definition) is 4. The summed E-state index contributed by atoms with van der Waals surface area (Å²) < 4.78 is 0. The molecule has 1 amide bonds. The predicted molar refractivity (Wildman–Crippen MR) is 55.5 cm³/mol. The molecule has 5 heteroatoms. The monoisotopic (exact) mass is 194 g/mol. The molecule has 0 fully saturated rings. The van der Waals surface area contributed by atoms with E-state index in [0.29, 0.717) is 11.5 Å². The van der Waals surface area contributed by atoms with E-state index in [1.54, 1.807) is 32.2 Å². The van der Waals surface area contributed by atoms with E-state index in [1.165, 1.54) is 0 Å². The second-order valence-corrected chi connectivity index (χ2v) is 3.55. The highest BCUT2D eigenvalue weighted by molar-refractivity contribution is 5.87. The number of aromatic nitrogens is 1. The highest BCUT2D eigenvalue weighted by Crippen LogP contribution is 2.19. The molecule has 5 nitrogen and oxygen atoms in total. The van der Waals surface area contributed by atoms with Crippen LogP contribution in [0, 0.1) is 0 Å². The molecule has 1 heterocycles. The van der Waals surface area contributed by atoms with Gasteiger partial charge in [0.1, 0.15) is 11.4 Å². The molecule has 0 radical (unpaired) electrons. The highest BCUT2D eigenvalue weighted by atomic mass is 16.1. The lowest BCUT2D eigenvalue weighted by atomic mass is 10.0. The second kappa shape index (κ2) is 3.53. The van der Waals surface area contributed by atoms with Crippen molar-refractivity contribution in [2.24, 2.45) is 5.73 Å². The number of amides is 1. The van der Waals surface area contributed by atoms with Crippen molar-refractivity contribution in [2.75, 3.05) is 11.1 Å². The fourth-order valence-corrected chi connectivity index (χ4v) is 0.921. The van der Waals surface area contributed by atoms with Crippen LogP contribution in [0.1, 0.15) is 13.8 Å². The predicted octanol–water partition coefficient (Wildman–Crippen LogP) is 0.340. The van der Waals surface area contributed by atoms with Crippen molar-refractivity contribution in [1.29, 1.82) is 0 Å². The van der Waals surface area contributed by atoms with Crippen molar-refractivity contribution >= 4 is 17.4 Å². The maximum Gasteiger partial charge on any atom is 0.242 e. The van der Waals surface area contributed by atoms with Gasteiger partial charge in [0, 0.05) is 6.20 Å². The van der Waals surface area contributed by atoms with E-state index in [2.05, 4.69) is 10.3 Å². The van der Waals surface area contributed by atoms with E-state index in [0.717, 1.165) is 0 Å². The fourth-order valence-electron chi connectivity index (χ4n) is 0.921. The molecular weight excluding hydrogens is 180 g/mol. The minimum Gasteiger partial charge on any atom is -0.382 e. The first-order valence-corrected chi connectivity index (χ1v) is 4.22. The van der Waals surface area contributed by atoms with Gasteiger partial charge in [0.05, 0.1) is 5.69 Å². The molecule has 5 N–H and O–H groups in total. The molecule has 0 spiro atoms. The van der Waals surface area contributed by atoms with Gasteiger partial charge in [0.25, 0.3) is 0 Å². The number of nitrogens with two attached hydrogens (primary N) is 2. The van der Waals surface area contributed by atoms with Gasteiger partial charge in [-0.3, -0.25) is 4.79 Å². The summed E-state index contributed by atoms with van der Waals surface area (Å²) in [5, 5.41) is 2.92. The number of nitrogens with one attached hydrogen (secondary N) is 1. The van der Waals surface area contributed by atoms with E-state index >= 15 is 0 Å². The molecular formula is C9H14N4O. The maximum absolute atomic E-state index is 11.0. The third kappa shape index (κ3) is 2.12. The van der Waals surface area contributed by atoms with Gasteiger partial charge in [-0.15, -0.1) is 0 Å². The van der Waals surface area contributed by atoms with E-state index in [4.69, 9.17) is 11.5 Å². The zero-order chi connectivity index (χ0) is 10.8. The lowest BCUT2D eigenvalue weighted by molar-refractivity contribution is -0.121. The van der Waals surface area contributed by atoms with Crippen molar-refractivity contribution < 1.29 is 4.79 Å². The van der Waals surface area contributed by atoms with Crippen LogP contribution in [0.2, 0.25) is 0 Å². The average Bonchev–Trinajstić information content (AvgIpc) is 2.08. The highest BCUT2D eigenvalue weighted by Gasteiger charge is 2.24. The number of carbonyl (C=O) groups is 1. The molecule has 1 aromatic heterocycles. The summed E-state index contributed by atoms with van der Waals surface area (Å²) in [7, 11) is 0. The third-order valence-corrected chi connectivity index (χ3v) is 1.90. The van der Waals surface area contributed by atoms with Crippen LogP contribution in [0.4, 0.5) is 11.5 Å². The van der Waals surface area contributed by atoms with Crippen molar-refractivity contribution in [1.82, 2.24) is 4.98 Å². The van der Waals surface area contributed by atoms with Crippen molar-refractivity contribution in [3.63, 3.8) is 0 Å². The van der Waals surface area contributed by atoms with E-state index < -0.39 is 11.4 Å². The Kier molecular flexibility index (Phi) is 2.60. The van der Waals surface area contributed by atoms with Crippen LogP contribution in [-0.2, 0) is 4.79 Å². The largest absolute Gasteiger partial charge is 0.382 e. The van der Waals surface area contributed by atoms with Gasteiger partial charge in [-0.25, -0.2) is 4.98 Å². The molecule has 0 unspecified atom stereocenters. The van der Waals surface area contributed by atoms with E-state index in [9.17, 15) is 4.79 Å². The number of pyridine rings is 1. The van der Waals surface area contributed by atoms with Crippen molar-refractivity contribution in [3.8, 4) is 0 Å². The van der Waals surface area contributed by atoms with Gasteiger partial charge in [0.15, 0.2) is 0 Å². The summed E-state index contributed by atoms with van der Waals surface area (Å²) in [6.07, 6.45) is 1.58. The Labute approximate surface area is 82.5 Å². The molecule has 0 aromatic carbocycles. The molecule has 0 bridgehead atoms. The normalized spacial score (nSPS) is 11.0. The van der Waals surface area contributed by atoms with Gasteiger partial charge in [-0.1, -0.05) is 0 Å². The Hall–Kier alpha value is -1.78. The van der Waals surface area contributed by atoms with Gasteiger partial charge < -0.3 is 16.8 Å². The second-order valence-electron chi connectivity index (χ2n) is 3.55. The molecule has 0 aliphatic rings. The zero-order valence-electron chi connectivity index (χ0n) is 8.24. The molecule has 0 aliphatic carbocycles. The Morgan fingerprint density at radius 2 is 2.21 bits per heavy atom. The van der Waals surface area contributed by atoms with Crippen molar-refractivity contribution in [3.05, 3.63) is 18.3 Å². The van der Waals surface area contributed by atoms with Crippen LogP contribution in [0.3, 0.4) is 0 Å². The Balaban J connectivity index is 2.89. The summed E-state index contributed by atoms with van der Waals surface area (Å²) in [6.45, 7) is 3.36. The number of carbonyl (C=O) groups excluding carboxylic acids is 1. The van der Waals surface area contributed by atoms with Crippen LogP contribution in [0.15, 0.2) is 18.3 Å². The minimum absolute atomic E-state index is 0.349. The first-order valence-electron chi connectivity index (χ1n) is 4.22. The summed E-state index contributed by atoms with van der Waals surface area (Å²) in [5.74, 6) is -0.0948. The lowest BCUT2D eigenvalue weighted by Gasteiger charge is -2.23. The van der Waals surface area contributed by atoms with Gasteiger partial charge in [0.2, 0.25) is 5.91 Å². The molecule has 1 rings (SSSR count). The number of hydrogen-bond donors (Lipinski definition) is 3. The Morgan fingerprint density at radius 3 is 2.71 bits per heavy atom. The van der Waals surface area contributed by atoms with Gasteiger partial charge >= 0.3 is 0 Å². The number of nitrogen functional groups attached to an aromatic ring is 1. The Bertz CT molecular complexity index is 348. The van der Waals surface area contributed by atoms with Crippen LogP contribution < -0.4 is 16.8 Å². The SMILES string of the molecule is CC(C)(Nc1cccnc1N)C(N)=O. The topological polar surface area (TPSA) is 94.0 Å². The number of nitrogens with zero attached hydrogens (tertiary/aromatic N) is 1. The molecule has 76 valence electrons. The average molecular weight is 194 g/mol. The molecule has 14 heavy (non-hydrogen) atoms. The van der Waals surface area contributed by atoms with Crippen LogP contribution in [0.5, 0.6) is 0 Å². The molecule has 0 saturated carbocycles. The summed E-state index contributed by atoms with van der Waals surface area (Å²) in [5.41, 5.74) is 10.6. The standard InChI is InChI=1S/C9H14N4O/c1-9(2,8(11)14)13-6-4-3-5-12-7(6)10/h3-5,13H,1-2H3,(H2,10,12)(H2,11,14). The summed E-state index contributed by atoms with van der Waals surface area (Å²) in [6, 6.07) is 3.47. The Morgan fingerprint density at radius 1 is 1.57 bits per heavy atom. The van der Waals surface area contributed by atoms with Crippen LogP contribution in [-0.4, -0.2) is 16.4 Å². The molecule has 0 aliphatic heterocycles. The number of rotatable bonds is 3. The third-order valence-electron chi connectivity index (χ3n) is 1.90. The van der Waals surface area contributed by atoms with Gasteiger partial charge in [-0.05, 0) is 26.0 Å². The van der Waals surface area contributed by atoms with Crippen molar-refractivity contribution in [2.45, 2.75) is 19.4 Å². The van der Waals surface area contributed by atoms with Crippen LogP contribution in [0.25, 0.3) is 0 Å². The van der Waals surface area contributed by atoms with E-state index in [1.807, 2.05) is 0 Å². The molecule has 1 aromatic rings. The lowest BCUT2D eigenvalue weighted by Crippen LogP contribution is -2.45. The van der Waals surface area contributed by atoms with E-state index in [-0.39, 0.29) is 0 Å². The fraction of sp³-hybridized carbons (Fsp3) is 0.333. The zero-order valence-corrected chi connectivity index (χ0v) is 8.24. The first kappa shape index (κ1) is 10.3. The molecule has 0 atom stereocenters. The quantitative estimate of drug-likeness (QED) is 0.646. The smallest absolute Gasteiger partial charge is 0.242 e. The van der Waals surface area contributed by atoms with Crippen LogP contribution >= 0.6 is 0 Å². The number of primary amides is 1. The summed E-state index contributed by atoms with van der Waals surface area (Å²) in [4.78, 5) is 14.9. The maximum atomic E-state index is 11.0. The summed E-state index contributed by atoms with van der Waals surface area (Å²) >= 11 is 0. The number of anilines is 2. The molecule has 0 saturated heterocycles.